The lowest BCUT2D eigenvalue weighted by Crippen LogP contribution is -2.32. The number of esters is 1. The number of ether oxygens (including phenoxy) is 1. The van der Waals surface area contributed by atoms with Gasteiger partial charge in [-0.25, -0.2) is 10.2 Å². The number of carbonyl (C=O) groups is 3. The lowest BCUT2D eigenvalue weighted by Gasteiger charge is -2.10. The van der Waals surface area contributed by atoms with Crippen LogP contribution in [0.2, 0.25) is 0 Å². The zero-order chi connectivity index (χ0) is 23.1. The molecule has 0 atom stereocenters. The Bertz CT molecular complexity index is 1160. The van der Waals surface area contributed by atoms with Crippen LogP contribution in [0.4, 0.5) is 5.69 Å². The highest BCUT2D eigenvalue weighted by molar-refractivity contribution is 6.39. The molecule has 2 N–H and O–H groups in total. The van der Waals surface area contributed by atoms with E-state index in [1.807, 2.05) is 45.0 Å². The fourth-order valence-corrected chi connectivity index (χ4v) is 2.96. The van der Waals surface area contributed by atoms with Gasteiger partial charge in [-0.1, -0.05) is 35.9 Å². The molecule has 0 fully saturated rings. The van der Waals surface area contributed by atoms with Crippen molar-refractivity contribution in [3.8, 4) is 5.75 Å². The molecule has 0 aliphatic carbocycles. The first kappa shape index (κ1) is 22.4. The number of nitrogens with one attached hydrogen (secondary N) is 2. The van der Waals surface area contributed by atoms with Crippen LogP contribution >= 0.6 is 0 Å². The van der Waals surface area contributed by atoms with Crippen LogP contribution in [0.15, 0.2) is 71.8 Å². The van der Waals surface area contributed by atoms with Gasteiger partial charge in [-0.2, -0.15) is 5.10 Å². The van der Waals surface area contributed by atoms with Gasteiger partial charge in [0.05, 0.1) is 11.8 Å². The second-order valence-electron chi connectivity index (χ2n) is 7.25. The molecular weight excluding hydrogens is 406 g/mol. The Morgan fingerprint density at radius 1 is 0.844 bits per heavy atom. The normalized spacial score (nSPS) is 10.6. The molecule has 3 aromatic carbocycles. The van der Waals surface area contributed by atoms with Crippen LogP contribution in [0, 0.1) is 20.8 Å². The van der Waals surface area contributed by atoms with Gasteiger partial charge in [0.1, 0.15) is 5.75 Å². The van der Waals surface area contributed by atoms with Crippen molar-refractivity contribution < 1.29 is 19.1 Å². The molecule has 0 radical (unpaired) electrons. The van der Waals surface area contributed by atoms with Crippen LogP contribution in [0.3, 0.4) is 0 Å². The molecule has 0 saturated carbocycles. The molecule has 0 spiro atoms. The summed E-state index contributed by atoms with van der Waals surface area (Å²) >= 11 is 0. The van der Waals surface area contributed by atoms with E-state index in [0.29, 0.717) is 22.6 Å². The molecule has 162 valence electrons. The predicted molar refractivity (Wildman–Crippen MR) is 123 cm³/mol. The average molecular weight is 429 g/mol. The number of hydrazone groups is 1. The van der Waals surface area contributed by atoms with Gasteiger partial charge in [0, 0.05) is 5.69 Å². The molecule has 0 saturated heterocycles. The molecule has 3 aromatic rings. The fourth-order valence-electron chi connectivity index (χ4n) is 2.96. The Hall–Kier alpha value is -4.26. The van der Waals surface area contributed by atoms with Crippen LogP contribution in [0.1, 0.15) is 32.6 Å². The number of rotatable bonds is 5. The molecular formula is C25H23N3O4. The minimum Gasteiger partial charge on any atom is -0.423 e. The fraction of sp³-hybridized carbons (Fsp3) is 0.120. The van der Waals surface area contributed by atoms with Crippen molar-refractivity contribution in [2.24, 2.45) is 5.10 Å². The van der Waals surface area contributed by atoms with E-state index < -0.39 is 17.8 Å². The Balaban J connectivity index is 1.53. The number of aryl methyl sites for hydroxylation is 3. The van der Waals surface area contributed by atoms with Crippen LogP contribution in [0.25, 0.3) is 0 Å². The van der Waals surface area contributed by atoms with Gasteiger partial charge in [0.25, 0.3) is 0 Å². The Morgan fingerprint density at radius 2 is 1.50 bits per heavy atom. The summed E-state index contributed by atoms with van der Waals surface area (Å²) in [5.74, 6) is -1.76. The summed E-state index contributed by atoms with van der Waals surface area (Å²) in [6.45, 7) is 5.60. The van der Waals surface area contributed by atoms with E-state index in [4.69, 9.17) is 4.74 Å². The van der Waals surface area contributed by atoms with E-state index in [1.165, 1.54) is 6.21 Å². The summed E-state index contributed by atoms with van der Waals surface area (Å²) in [6.07, 6.45) is 1.39. The second-order valence-corrected chi connectivity index (χ2v) is 7.25. The van der Waals surface area contributed by atoms with Crippen molar-refractivity contribution in [2.75, 3.05) is 5.32 Å². The second kappa shape index (κ2) is 10.2. The summed E-state index contributed by atoms with van der Waals surface area (Å²) < 4.78 is 5.35. The molecule has 3 rings (SSSR count). The van der Waals surface area contributed by atoms with Crippen molar-refractivity contribution in [3.63, 3.8) is 0 Å². The molecule has 7 heteroatoms. The molecule has 0 unspecified atom stereocenters. The van der Waals surface area contributed by atoms with Gasteiger partial charge >= 0.3 is 17.8 Å². The Labute approximate surface area is 186 Å². The average Bonchev–Trinajstić information content (AvgIpc) is 2.77. The molecule has 0 aliphatic heterocycles. The van der Waals surface area contributed by atoms with Crippen molar-refractivity contribution in [1.82, 2.24) is 5.43 Å². The van der Waals surface area contributed by atoms with Crippen LogP contribution in [-0.4, -0.2) is 24.0 Å². The zero-order valence-electron chi connectivity index (χ0n) is 18.0. The molecule has 7 nitrogen and oxygen atoms in total. The summed E-state index contributed by atoms with van der Waals surface area (Å²) in [5.41, 5.74) is 6.61. The lowest BCUT2D eigenvalue weighted by atomic mass is 10.1. The quantitative estimate of drug-likeness (QED) is 0.211. The lowest BCUT2D eigenvalue weighted by molar-refractivity contribution is -0.136. The Morgan fingerprint density at radius 3 is 2.16 bits per heavy atom. The number of amides is 2. The molecule has 0 aliphatic rings. The van der Waals surface area contributed by atoms with Gasteiger partial charge in [-0.3, -0.25) is 9.59 Å². The van der Waals surface area contributed by atoms with E-state index in [9.17, 15) is 14.4 Å². The van der Waals surface area contributed by atoms with Crippen molar-refractivity contribution in [1.29, 1.82) is 0 Å². The van der Waals surface area contributed by atoms with Gasteiger partial charge in [-0.15, -0.1) is 0 Å². The minimum absolute atomic E-state index is 0.380. The number of hydrogen-bond donors (Lipinski definition) is 2. The number of anilines is 1. The topological polar surface area (TPSA) is 96.9 Å². The van der Waals surface area contributed by atoms with Crippen LogP contribution < -0.4 is 15.5 Å². The third-order valence-corrected chi connectivity index (χ3v) is 4.65. The maximum atomic E-state index is 12.2. The number of nitrogens with zero attached hydrogens (tertiary/aromatic N) is 1. The van der Waals surface area contributed by atoms with E-state index >= 15 is 0 Å². The van der Waals surface area contributed by atoms with Gasteiger partial charge in [-0.05, 0) is 73.9 Å². The van der Waals surface area contributed by atoms with E-state index in [2.05, 4.69) is 15.8 Å². The van der Waals surface area contributed by atoms with Crippen molar-refractivity contribution in [2.45, 2.75) is 20.8 Å². The van der Waals surface area contributed by atoms with E-state index in [1.54, 1.807) is 42.5 Å². The third-order valence-electron chi connectivity index (χ3n) is 4.65. The first-order valence-corrected chi connectivity index (χ1v) is 9.93. The maximum Gasteiger partial charge on any atom is 0.343 e. The van der Waals surface area contributed by atoms with Crippen LogP contribution in [0.5, 0.6) is 5.75 Å². The van der Waals surface area contributed by atoms with E-state index in [0.717, 1.165) is 16.7 Å². The van der Waals surface area contributed by atoms with E-state index in [-0.39, 0.29) is 0 Å². The highest BCUT2D eigenvalue weighted by atomic mass is 16.5. The van der Waals surface area contributed by atoms with Gasteiger partial charge in [0.2, 0.25) is 0 Å². The largest absolute Gasteiger partial charge is 0.423 e. The minimum atomic E-state index is -0.882. The van der Waals surface area contributed by atoms with Crippen molar-refractivity contribution in [3.05, 3.63) is 94.5 Å². The number of carbonyl (C=O) groups excluding carboxylic acids is 3. The first-order chi connectivity index (χ1) is 15.3. The number of hydrogen-bond acceptors (Lipinski definition) is 5. The standard InChI is InChI=1S/C25H23N3O4/c1-16-6-4-9-20(14-16)25(31)32-21-12-10-19(11-13-21)15-26-28-24(30)23(29)27-22-17(2)7-5-8-18(22)3/h4-15H,1-3H3,(H,27,29)(H,28,30)/b26-15+. The number of para-hydroxylation sites is 1. The summed E-state index contributed by atoms with van der Waals surface area (Å²) in [4.78, 5) is 36.3. The highest BCUT2D eigenvalue weighted by Crippen LogP contribution is 2.19. The molecule has 0 aromatic heterocycles. The maximum absolute atomic E-state index is 12.2. The van der Waals surface area contributed by atoms with Gasteiger partial charge < -0.3 is 10.1 Å². The highest BCUT2D eigenvalue weighted by Gasteiger charge is 2.15. The molecule has 2 amide bonds. The monoisotopic (exact) mass is 429 g/mol. The summed E-state index contributed by atoms with van der Waals surface area (Å²) in [5, 5.41) is 6.40. The number of benzene rings is 3. The SMILES string of the molecule is Cc1cccc(C(=O)Oc2ccc(/C=N/NC(=O)C(=O)Nc3c(C)cccc3C)cc2)c1. The Kier molecular flexibility index (Phi) is 7.13. The zero-order valence-corrected chi connectivity index (χ0v) is 18.0. The molecule has 32 heavy (non-hydrogen) atoms. The molecule has 0 heterocycles. The van der Waals surface area contributed by atoms with Crippen LogP contribution in [-0.2, 0) is 9.59 Å². The van der Waals surface area contributed by atoms with Gasteiger partial charge in [0.15, 0.2) is 0 Å². The third kappa shape index (κ3) is 5.89. The predicted octanol–water partition coefficient (Wildman–Crippen LogP) is 3.92. The summed E-state index contributed by atoms with van der Waals surface area (Å²) in [6, 6.07) is 19.3. The first-order valence-electron chi connectivity index (χ1n) is 9.93. The van der Waals surface area contributed by atoms with Crippen molar-refractivity contribution >= 4 is 29.7 Å². The smallest absolute Gasteiger partial charge is 0.343 e. The molecule has 0 bridgehead atoms. The summed E-state index contributed by atoms with van der Waals surface area (Å²) in [7, 11) is 0.